The number of likely N-dealkylation sites (tertiary alicyclic amines) is 1. The van der Waals surface area contributed by atoms with Crippen LogP contribution in [0.25, 0.3) is 0 Å². The predicted octanol–water partition coefficient (Wildman–Crippen LogP) is 2.37. The summed E-state index contributed by atoms with van der Waals surface area (Å²) in [5.74, 6) is 1.60. The summed E-state index contributed by atoms with van der Waals surface area (Å²) in [6, 6.07) is 4.27. The lowest BCUT2D eigenvalue weighted by atomic mass is 9.79. The fourth-order valence-corrected chi connectivity index (χ4v) is 4.57. The second-order valence-corrected chi connectivity index (χ2v) is 7.66. The molecule has 0 aliphatic carbocycles. The summed E-state index contributed by atoms with van der Waals surface area (Å²) in [5.41, 5.74) is 2.43. The predicted molar refractivity (Wildman–Crippen MR) is 102 cm³/mol. The van der Waals surface area contributed by atoms with E-state index in [1.165, 1.54) is 11.1 Å². The Morgan fingerprint density at radius 1 is 1.07 bits per heavy atom. The van der Waals surface area contributed by atoms with Crippen LogP contribution >= 0.6 is 0 Å². The van der Waals surface area contributed by atoms with Crippen LogP contribution in [-0.4, -0.2) is 71.3 Å². The van der Waals surface area contributed by atoms with Gasteiger partial charge >= 0.3 is 0 Å². The smallest absolute Gasteiger partial charge is 0.161 e. The summed E-state index contributed by atoms with van der Waals surface area (Å²) < 4.78 is 28.7. The molecule has 0 N–H and O–H groups in total. The number of fused-ring (bicyclic) bond motifs is 2. The van der Waals surface area contributed by atoms with E-state index in [9.17, 15) is 0 Å². The Bertz CT molecular complexity index is 636. The SMILES string of the molecule is COc1cc2c(cc1OC)C1(CCN(CCC3COCCO3)CC1)OCC2. The fraction of sp³-hybridized carbons (Fsp3) is 0.714. The van der Waals surface area contributed by atoms with Gasteiger partial charge in [0, 0.05) is 19.6 Å². The highest BCUT2D eigenvalue weighted by atomic mass is 16.6. The summed E-state index contributed by atoms with van der Waals surface area (Å²) in [6.07, 6.45) is 4.24. The largest absolute Gasteiger partial charge is 0.493 e. The highest BCUT2D eigenvalue weighted by Gasteiger charge is 2.41. The van der Waals surface area contributed by atoms with E-state index >= 15 is 0 Å². The number of benzene rings is 1. The Morgan fingerprint density at radius 3 is 2.56 bits per heavy atom. The number of ether oxygens (including phenoxy) is 5. The quantitative estimate of drug-likeness (QED) is 0.785. The van der Waals surface area contributed by atoms with Crippen LogP contribution < -0.4 is 9.47 Å². The van der Waals surface area contributed by atoms with E-state index < -0.39 is 0 Å². The van der Waals surface area contributed by atoms with Crippen LogP contribution in [0.5, 0.6) is 11.5 Å². The van der Waals surface area contributed by atoms with Crippen LogP contribution in [0.1, 0.15) is 30.4 Å². The molecule has 27 heavy (non-hydrogen) atoms. The van der Waals surface area contributed by atoms with E-state index in [1.807, 2.05) is 0 Å². The first-order valence-electron chi connectivity index (χ1n) is 10.0. The Kier molecular flexibility index (Phi) is 5.88. The number of nitrogens with zero attached hydrogens (tertiary/aromatic N) is 1. The highest BCUT2D eigenvalue weighted by Crippen LogP contribution is 2.45. The average molecular weight is 377 g/mol. The van der Waals surface area contributed by atoms with Crippen LogP contribution in [0.2, 0.25) is 0 Å². The molecule has 1 aromatic rings. The number of hydrogen-bond donors (Lipinski definition) is 0. The zero-order chi connectivity index (χ0) is 18.7. The summed E-state index contributed by atoms with van der Waals surface area (Å²) in [6.45, 7) is 6.11. The van der Waals surface area contributed by atoms with Crippen LogP contribution in [0.3, 0.4) is 0 Å². The lowest BCUT2D eigenvalue weighted by Crippen LogP contribution is -2.47. The van der Waals surface area contributed by atoms with E-state index in [4.69, 9.17) is 23.7 Å². The fourth-order valence-electron chi connectivity index (χ4n) is 4.57. The van der Waals surface area contributed by atoms with Crippen LogP contribution in [0.15, 0.2) is 12.1 Å². The van der Waals surface area contributed by atoms with Crippen LogP contribution in [-0.2, 0) is 26.2 Å². The first-order chi connectivity index (χ1) is 13.2. The van der Waals surface area contributed by atoms with Gasteiger partial charge in [0.05, 0.1) is 52.4 Å². The summed E-state index contributed by atoms with van der Waals surface area (Å²) in [5, 5.41) is 0. The summed E-state index contributed by atoms with van der Waals surface area (Å²) >= 11 is 0. The van der Waals surface area contributed by atoms with Crippen molar-refractivity contribution in [2.75, 3.05) is 60.3 Å². The van der Waals surface area contributed by atoms with Crippen LogP contribution in [0.4, 0.5) is 0 Å². The van der Waals surface area contributed by atoms with Gasteiger partial charge in [-0.1, -0.05) is 0 Å². The maximum Gasteiger partial charge on any atom is 0.161 e. The van der Waals surface area contributed by atoms with Gasteiger partial charge in [0.25, 0.3) is 0 Å². The van der Waals surface area contributed by atoms with Gasteiger partial charge < -0.3 is 28.6 Å². The minimum atomic E-state index is -0.186. The number of hydrogen-bond acceptors (Lipinski definition) is 6. The molecule has 1 aromatic carbocycles. The average Bonchev–Trinajstić information content (AvgIpc) is 2.73. The molecule has 1 unspecified atom stereocenters. The third kappa shape index (κ3) is 3.94. The van der Waals surface area contributed by atoms with Crippen molar-refractivity contribution in [3.05, 3.63) is 23.3 Å². The normalized spacial score (nSPS) is 25.2. The van der Waals surface area contributed by atoms with Gasteiger partial charge in [0.1, 0.15) is 0 Å². The Labute approximate surface area is 161 Å². The molecule has 1 atom stereocenters. The Morgan fingerprint density at radius 2 is 1.85 bits per heavy atom. The topological polar surface area (TPSA) is 49.4 Å². The van der Waals surface area contributed by atoms with E-state index in [0.29, 0.717) is 0 Å². The molecule has 3 aliphatic rings. The Hall–Kier alpha value is -1.34. The molecule has 3 heterocycles. The molecule has 6 nitrogen and oxygen atoms in total. The second kappa shape index (κ2) is 8.35. The Balaban J connectivity index is 1.42. The van der Waals surface area contributed by atoms with E-state index in [2.05, 4.69) is 17.0 Å². The monoisotopic (exact) mass is 377 g/mol. The molecule has 0 amide bonds. The molecule has 2 saturated heterocycles. The van der Waals surface area contributed by atoms with Crippen molar-refractivity contribution in [2.45, 2.75) is 37.4 Å². The number of piperidine rings is 1. The van der Waals surface area contributed by atoms with Crippen molar-refractivity contribution in [1.29, 1.82) is 0 Å². The first kappa shape index (κ1) is 19.0. The maximum absolute atomic E-state index is 6.38. The van der Waals surface area contributed by atoms with Gasteiger partial charge in [-0.15, -0.1) is 0 Å². The molecule has 6 heteroatoms. The molecule has 0 bridgehead atoms. The zero-order valence-electron chi connectivity index (χ0n) is 16.5. The second-order valence-electron chi connectivity index (χ2n) is 7.66. The zero-order valence-corrected chi connectivity index (χ0v) is 16.5. The minimum Gasteiger partial charge on any atom is -0.493 e. The van der Waals surface area contributed by atoms with Crippen molar-refractivity contribution in [2.24, 2.45) is 0 Å². The maximum atomic E-state index is 6.38. The molecule has 0 saturated carbocycles. The third-order valence-electron chi connectivity index (χ3n) is 6.17. The van der Waals surface area contributed by atoms with Crippen LogP contribution in [0, 0.1) is 0 Å². The van der Waals surface area contributed by atoms with Gasteiger partial charge in [-0.25, -0.2) is 0 Å². The molecule has 1 spiro atoms. The molecule has 3 aliphatic heterocycles. The standard InChI is InChI=1S/C21H31NO5/c1-23-19-13-16-4-10-27-21(18(16)14-20(19)24-2)5-8-22(9-6-21)7-3-17-15-25-11-12-26-17/h13-14,17H,3-12,15H2,1-2H3. The minimum absolute atomic E-state index is 0.186. The van der Waals surface area contributed by atoms with Crippen molar-refractivity contribution < 1.29 is 23.7 Å². The molecule has 2 fully saturated rings. The van der Waals surface area contributed by atoms with Gasteiger partial charge in [-0.05, 0) is 48.9 Å². The van der Waals surface area contributed by atoms with Crippen molar-refractivity contribution in [1.82, 2.24) is 4.90 Å². The molecular weight excluding hydrogens is 346 g/mol. The van der Waals surface area contributed by atoms with Crippen molar-refractivity contribution >= 4 is 0 Å². The lowest BCUT2D eigenvalue weighted by Gasteiger charge is -2.45. The lowest BCUT2D eigenvalue weighted by molar-refractivity contribution is -0.107. The summed E-state index contributed by atoms with van der Waals surface area (Å²) in [4.78, 5) is 2.53. The van der Waals surface area contributed by atoms with E-state index in [0.717, 1.165) is 83.2 Å². The summed E-state index contributed by atoms with van der Waals surface area (Å²) in [7, 11) is 3.39. The van der Waals surface area contributed by atoms with Gasteiger partial charge in [0.15, 0.2) is 11.5 Å². The van der Waals surface area contributed by atoms with Gasteiger partial charge in [-0.2, -0.15) is 0 Å². The molecule has 4 rings (SSSR count). The molecule has 0 aromatic heterocycles. The van der Waals surface area contributed by atoms with Crippen molar-refractivity contribution in [3.63, 3.8) is 0 Å². The molecule has 0 radical (unpaired) electrons. The van der Waals surface area contributed by atoms with E-state index in [1.54, 1.807) is 14.2 Å². The highest BCUT2D eigenvalue weighted by molar-refractivity contribution is 5.50. The molecular formula is C21H31NO5. The first-order valence-corrected chi connectivity index (χ1v) is 10.0. The van der Waals surface area contributed by atoms with Gasteiger partial charge in [0.2, 0.25) is 0 Å². The van der Waals surface area contributed by atoms with Gasteiger partial charge in [-0.3, -0.25) is 0 Å². The number of methoxy groups -OCH3 is 2. The third-order valence-corrected chi connectivity index (χ3v) is 6.17. The van der Waals surface area contributed by atoms with E-state index in [-0.39, 0.29) is 11.7 Å². The van der Waals surface area contributed by atoms with Crippen molar-refractivity contribution in [3.8, 4) is 11.5 Å². The number of rotatable bonds is 5. The molecule has 150 valence electrons.